The van der Waals surface area contributed by atoms with Gasteiger partial charge in [0.15, 0.2) is 15.6 Å². The predicted octanol–water partition coefficient (Wildman–Crippen LogP) is 1.63. The molecule has 2 heterocycles. The molecule has 102 valence electrons. The van der Waals surface area contributed by atoms with Crippen molar-refractivity contribution in [1.29, 1.82) is 0 Å². The Bertz CT molecular complexity index is 633. The minimum Gasteiger partial charge on any atom is -0.490 e. The van der Waals surface area contributed by atoms with E-state index in [1.807, 2.05) is 19.1 Å². The molecule has 0 aromatic heterocycles. The summed E-state index contributed by atoms with van der Waals surface area (Å²) in [5.74, 6) is 0.541. The van der Waals surface area contributed by atoms with E-state index in [1.165, 1.54) is 0 Å². The zero-order valence-corrected chi connectivity index (χ0v) is 11.6. The van der Waals surface area contributed by atoms with Crippen molar-refractivity contribution >= 4 is 15.6 Å². The Hall–Kier alpha value is -1.36. The molecule has 5 heteroatoms. The number of ether oxygens (including phenoxy) is 1. The highest BCUT2D eigenvalue weighted by Gasteiger charge is 2.33. The molecule has 0 saturated carbocycles. The van der Waals surface area contributed by atoms with Crippen molar-refractivity contribution in [1.82, 2.24) is 0 Å². The van der Waals surface area contributed by atoms with Crippen molar-refractivity contribution in [2.24, 2.45) is 5.92 Å². The van der Waals surface area contributed by atoms with E-state index in [0.29, 0.717) is 12.0 Å². The summed E-state index contributed by atoms with van der Waals surface area (Å²) in [6, 6.07) is 5.41. The standard InChI is InChI=1S/C14H16O4S/c1-9-6-12-7-10(2-3-13(12)18-9)14(15)11-4-5-19(16,17)8-11/h2-3,7,9,11H,4-6,8H2,1H3. The van der Waals surface area contributed by atoms with Crippen LogP contribution >= 0.6 is 0 Å². The molecule has 1 saturated heterocycles. The molecule has 19 heavy (non-hydrogen) atoms. The molecule has 1 aromatic rings. The molecule has 0 aliphatic carbocycles. The zero-order valence-electron chi connectivity index (χ0n) is 10.8. The quantitative estimate of drug-likeness (QED) is 0.772. The number of rotatable bonds is 2. The van der Waals surface area contributed by atoms with Gasteiger partial charge >= 0.3 is 0 Å². The van der Waals surface area contributed by atoms with Crippen molar-refractivity contribution in [2.75, 3.05) is 11.5 Å². The maximum absolute atomic E-state index is 12.3. The lowest BCUT2D eigenvalue weighted by Gasteiger charge is -2.08. The molecule has 2 unspecified atom stereocenters. The molecule has 2 aliphatic rings. The third-order valence-corrected chi connectivity index (χ3v) is 5.55. The highest BCUT2D eigenvalue weighted by atomic mass is 32.2. The molecule has 2 atom stereocenters. The normalized spacial score (nSPS) is 27.8. The van der Waals surface area contributed by atoms with E-state index in [-0.39, 0.29) is 29.3 Å². The van der Waals surface area contributed by atoms with Gasteiger partial charge in [-0.25, -0.2) is 8.42 Å². The van der Waals surface area contributed by atoms with Crippen LogP contribution in [0.25, 0.3) is 0 Å². The number of carbonyl (C=O) groups excluding carboxylic acids is 1. The van der Waals surface area contributed by atoms with Crippen LogP contribution in [0, 0.1) is 5.92 Å². The highest BCUT2D eigenvalue weighted by Crippen LogP contribution is 2.31. The number of hydrogen-bond donors (Lipinski definition) is 0. The summed E-state index contributed by atoms with van der Waals surface area (Å²) in [5, 5.41) is 0. The third-order valence-electron chi connectivity index (χ3n) is 3.78. The minimum absolute atomic E-state index is 0.00415. The number of ketones is 1. The van der Waals surface area contributed by atoms with Gasteiger partial charge in [-0.3, -0.25) is 4.79 Å². The second-order valence-electron chi connectivity index (χ2n) is 5.42. The van der Waals surface area contributed by atoms with Crippen molar-refractivity contribution in [2.45, 2.75) is 25.9 Å². The van der Waals surface area contributed by atoms with Crippen LogP contribution in [0.3, 0.4) is 0 Å². The molecule has 2 aliphatic heterocycles. The number of fused-ring (bicyclic) bond motifs is 1. The number of carbonyl (C=O) groups is 1. The molecular weight excluding hydrogens is 264 g/mol. The van der Waals surface area contributed by atoms with E-state index < -0.39 is 9.84 Å². The molecule has 1 aromatic carbocycles. The fourth-order valence-corrected chi connectivity index (χ4v) is 4.55. The first-order valence-electron chi connectivity index (χ1n) is 6.49. The molecule has 0 amide bonds. The lowest BCUT2D eigenvalue weighted by atomic mass is 9.95. The summed E-state index contributed by atoms with van der Waals surface area (Å²) in [7, 11) is -3.01. The van der Waals surface area contributed by atoms with Crippen molar-refractivity contribution < 1.29 is 17.9 Å². The Morgan fingerprint density at radius 1 is 1.37 bits per heavy atom. The van der Waals surface area contributed by atoms with E-state index in [0.717, 1.165) is 17.7 Å². The topological polar surface area (TPSA) is 60.4 Å². The van der Waals surface area contributed by atoms with E-state index in [9.17, 15) is 13.2 Å². The molecule has 4 nitrogen and oxygen atoms in total. The molecule has 0 spiro atoms. The van der Waals surface area contributed by atoms with Crippen LogP contribution in [0.2, 0.25) is 0 Å². The van der Waals surface area contributed by atoms with Crippen LogP contribution in [-0.4, -0.2) is 31.8 Å². The lowest BCUT2D eigenvalue weighted by molar-refractivity contribution is 0.0933. The Morgan fingerprint density at radius 3 is 2.84 bits per heavy atom. The Kier molecular flexibility index (Phi) is 2.89. The summed E-state index contributed by atoms with van der Waals surface area (Å²) < 4.78 is 28.5. The number of hydrogen-bond acceptors (Lipinski definition) is 4. The summed E-state index contributed by atoms with van der Waals surface area (Å²) in [6.45, 7) is 1.99. The van der Waals surface area contributed by atoms with Gasteiger partial charge in [-0.05, 0) is 37.1 Å². The van der Waals surface area contributed by atoms with Crippen LogP contribution < -0.4 is 4.74 Å². The largest absolute Gasteiger partial charge is 0.490 e. The summed E-state index contributed by atoms with van der Waals surface area (Å²) in [4.78, 5) is 12.3. The van der Waals surface area contributed by atoms with Gasteiger partial charge in [0.1, 0.15) is 11.9 Å². The van der Waals surface area contributed by atoms with Crippen LogP contribution in [0.1, 0.15) is 29.3 Å². The van der Waals surface area contributed by atoms with Crippen molar-refractivity contribution in [3.8, 4) is 5.75 Å². The highest BCUT2D eigenvalue weighted by molar-refractivity contribution is 7.91. The van der Waals surface area contributed by atoms with Crippen LogP contribution in [0.5, 0.6) is 5.75 Å². The average Bonchev–Trinajstić information content (AvgIpc) is 2.88. The Morgan fingerprint density at radius 2 is 2.16 bits per heavy atom. The van der Waals surface area contributed by atoms with E-state index in [1.54, 1.807) is 6.07 Å². The van der Waals surface area contributed by atoms with Gasteiger partial charge in [-0.1, -0.05) is 0 Å². The van der Waals surface area contributed by atoms with Gasteiger partial charge in [0, 0.05) is 17.9 Å². The fourth-order valence-electron chi connectivity index (χ4n) is 2.81. The zero-order chi connectivity index (χ0) is 13.6. The fraction of sp³-hybridized carbons (Fsp3) is 0.500. The average molecular weight is 280 g/mol. The maximum atomic E-state index is 12.3. The molecule has 0 radical (unpaired) electrons. The van der Waals surface area contributed by atoms with Gasteiger partial charge in [0.2, 0.25) is 0 Å². The maximum Gasteiger partial charge on any atom is 0.167 e. The first-order chi connectivity index (χ1) is 8.94. The smallest absolute Gasteiger partial charge is 0.167 e. The second kappa shape index (κ2) is 4.34. The van der Waals surface area contributed by atoms with Crippen LogP contribution in [0.4, 0.5) is 0 Å². The van der Waals surface area contributed by atoms with Gasteiger partial charge in [-0.15, -0.1) is 0 Å². The van der Waals surface area contributed by atoms with Crippen molar-refractivity contribution in [3.63, 3.8) is 0 Å². The van der Waals surface area contributed by atoms with Crippen LogP contribution in [-0.2, 0) is 16.3 Å². The summed E-state index contributed by atoms with van der Waals surface area (Å²) >= 11 is 0. The van der Waals surface area contributed by atoms with Crippen molar-refractivity contribution in [3.05, 3.63) is 29.3 Å². The molecule has 1 fully saturated rings. The number of benzene rings is 1. The third kappa shape index (κ3) is 2.39. The van der Waals surface area contributed by atoms with Gasteiger partial charge in [0.05, 0.1) is 11.5 Å². The molecular formula is C14H16O4S. The first kappa shape index (κ1) is 12.7. The van der Waals surface area contributed by atoms with Gasteiger partial charge in [-0.2, -0.15) is 0 Å². The molecule has 0 N–H and O–H groups in total. The van der Waals surface area contributed by atoms with E-state index in [4.69, 9.17) is 4.74 Å². The first-order valence-corrected chi connectivity index (χ1v) is 8.31. The van der Waals surface area contributed by atoms with E-state index in [2.05, 4.69) is 0 Å². The predicted molar refractivity (Wildman–Crippen MR) is 71.3 cm³/mol. The van der Waals surface area contributed by atoms with Gasteiger partial charge in [0.25, 0.3) is 0 Å². The monoisotopic (exact) mass is 280 g/mol. The Balaban J connectivity index is 1.84. The SMILES string of the molecule is CC1Cc2cc(C(=O)C3CCS(=O)(=O)C3)ccc2O1. The Labute approximate surface area is 112 Å². The van der Waals surface area contributed by atoms with Crippen LogP contribution in [0.15, 0.2) is 18.2 Å². The molecule has 0 bridgehead atoms. The summed E-state index contributed by atoms with van der Waals surface area (Å²) in [5.41, 5.74) is 1.65. The number of sulfone groups is 1. The number of Topliss-reactive ketones (excluding diaryl/α,β-unsaturated/α-hetero) is 1. The summed E-state index contributed by atoms with van der Waals surface area (Å²) in [6.07, 6.45) is 1.40. The molecule has 3 rings (SSSR count). The van der Waals surface area contributed by atoms with E-state index >= 15 is 0 Å². The lowest BCUT2D eigenvalue weighted by Crippen LogP contribution is -2.16. The second-order valence-corrected chi connectivity index (χ2v) is 7.65. The minimum atomic E-state index is -3.01. The van der Waals surface area contributed by atoms with Gasteiger partial charge < -0.3 is 4.74 Å².